The molecule has 2 aromatic rings. The van der Waals surface area contributed by atoms with E-state index in [4.69, 9.17) is 34.8 Å². The molecule has 0 aliphatic carbocycles. The van der Waals surface area contributed by atoms with Gasteiger partial charge in [-0.25, -0.2) is 0 Å². The van der Waals surface area contributed by atoms with E-state index in [0.29, 0.717) is 15.9 Å². The second-order valence-electron chi connectivity index (χ2n) is 3.08. The second-order valence-corrected chi connectivity index (χ2v) is 4.16. The molecule has 0 heterocycles. The molecule has 0 aliphatic heterocycles. The zero-order valence-electron chi connectivity index (χ0n) is 7.23. The zero-order valence-corrected chi connectivity index (χ0v) is 9.50. The van der Waals surface area contributed by atoms with Crippen molar-refractivity contribution >= 4 is 45.6 Å². The summed E-state index contributed by atoms with van der Waals surface area (Å²) >= 11 is 17.6. The Labute approximate surface area is 97.4 Å². The number of benzene rings is 2. The van der Waals surface area contributed by atoms with E-state index in [-0.39, 0.29) is 0 Å². The number of rotatable bonds is 1. The monoisotopic (exact) mass is 244 g/mol. The Kier molecular flexibility index (Phi) is 2.87. The molecule has 72 valence electrons. The molecule has 0 unspecified atom stereocenters. The molecule has 0 atom stereocenters. The number of hydrogen-bond donors (Lipinski definition) is 0. The van der Waals surface area contributed by atoms with E-state index < -0.39 is 0 Å². The lowest BCUT2D eigenvalue weighted by Gasteiger charge is -2.02. The largest absolute Gasteiger partial charge is 0.122 e. The van der Waals surface area contributed by atoms with E-state index in [1.165, 1.54) is 0 Å². The number of halogens is 3. The minimum Gasteiger partial charge on any atom is -0.122 e. The van der Waals surface area contributed by atoms with Gasteiger partial charge in [0.05, 0.1) is 10.0 Å². The summed E-state index contributed by atoms with van der Waals surface area (Å²) in [6.07, 6.45) is 0. The third-order valence-electron chi connectivity index (χ3n) is 2.10. The van der Waals surface area contributed by atoms with Gasteiger partial charge in [0.15, 0.2) is 0 Å². The molecule has 0 aliphatic rings. The van der Waals surface area contributed by atoms with E-state index in [2.05, 4.69) is 0 Å². The van der Waals surface area contributed by atoms with E-state index in [9.17, 15) is 0 Å². The molecule has 14 heavy (non-hydrogen) atoms. The Morgan fingerprint density at radius 1 is 0.857 bits per heavy atom. The fourth-order valence-corrected chi connectivity index (χ4v) is 1.89. The lowest BCUT2D eigenvalue weighted by Crippen LogP contribution is -1.79. The van der Waals surface area contributed by atoms with E-state index in [1.54, 1.807) is 0 Å². The SMILES string of the molecule is ClCc1ccc2cc(Cl)c(Cl)cc2c1. The molecule has 0 radical (unpaired) electrons. The Hall–Kier alpha value is -0.430. The summed E-state index contributed by atoms with van der Waals surface area (Å²) in [5, 5.41) is 3.30. The van der Waals surface area contributed by atoms with Gasteiger partial charge < -0.3 is 0 Å². The molecule has 0 spiro atoms. The van der Waals surface area contributed by atoms with Crippen LogP contribution in [0.3, 0.4) is 0 Å². The smallest absolute Gasteiger partial charge is 0.0598 e. The number of hydrogen-bond acceptors (Lipinski definition) is 0. The van der Waals surface area contributed by atoms with E-state index in [1.807, 2.05) is 30.3 Å². The van der Waals surface area contributed by atoms with Crippen molar-refractivity contribution in [3.05, 3.63) is 45.9 Å². The predicted molar refractivity (Wildman–Crippen MR) is 63.5 cm³/mol. The average Bonchev–Trinajstić information content (AvgIpc) is 2.19. The lowest BCUT2D eigenvalue weighted by molar-refractivity contribution is 1.43. The molecule has 0 amide bonds. The van der Waals surface area contributed by atoms with Gasteiger partial charge in [-0.05, 0) is 34.5 Å². The highest BCUT2D eigenvalue weighted by atomic mass is 35.5. The van der Waals surface area contributed by atoms with E-state index in [0.717, 1.165) is 16.3 Å². The quantitative estimate of drug-likeness (QED) is 0.628. The molecule has 0 fully saturated rings. The fraction of sp³-hybridized carbons (Fsp3) is 0.0909. The third-order valence-corrected chi connectivity index (χ3v) is 3.13. The van der Waals surface area contributed by atoms with Crippen LogP contribution >= 0.6 is 34.8 Å². The Morgan fingerprint density at radius 3 is 2.14 bits per heavy atom. The second kappa shape index (κ2) is 3.98. The number of fused-ring (bicyclic) bond motifs is 1. The molecule has 2 aromatic carbocycles. The molecule has 0 N–H and O–H groups in total. The maximum Gasteiger partial charge on any atom is 0.0598 e. The minimum absolute atomic E-state index is 0.510. The Morgan fingerprint density at radius 2 is 1.50 bits per heavy atom. The molecule has 0 saturated carbocycles. The predicted octanol–water partition coefficient (Wildman–Crippen LogP) is 4.89. The first-order valence-electron chi connectivity index (χ1n) is 4.14. The number of alkyl halides is 1. The molecule has 2 rings (SSSR count). The van der Waals surface area contributed by atoms with Gasteiger partial charge >= 0.3 is 0 Å². The first-order valence-corrected chi connectivity index (χ1v) is 5.43. The van der Waals surface area contributed by atoms with Crippen molar-refractivity contribution < 1.29 is 0 Å². The van der Waals surface area contributed by atoms with Crippen LogP contribution in [-0.4, -0.2) is 0 Å². The maximum atomic E-state index is 5.92. The lowest BCUT2D eigenvalue weighted by atomic mass is 10.1. The Bertz CT molecular complexity index is 477. The van der Waals surface area contributed by atoms with Crippen LogP contribution in [0, 0.1) is 0 Å². The summed E-state index contributed by atoms with van der Waals surface area (Å²) in [7, 11) is 0. The van der Waals surface area contributed by atoms with Gasteiger partial charge in [-0.3, -0.25) is 0 Å². The molecule has 0 nitrogen and oxygen atoms in total. The highest BCUT2D eigenvalue weighted by Crippen LogP contribution is 2.28. The van der Waals surface area contributed by atoms with Gasteiger partial charge in [0.25, 0.3) is 0 Å². The highest BCUT2D eigenvalue weighted by Gasteiger charge is 2.01. The van der Waals surface area contributed by atoms with Gasteiger partial charge in [0.1, 0.15) is 0 Å². The first-order chi connectivity index (χ1) is 6.70. The topological polar surface area (TPSA) is 0 Å². The molecule has 3 heteroatoms. The van der Waals surface area contributed by atoms with Crippen LogP contribution < -0.4 is 0 Å². The molecule has 0 aromatic heterocycles. The highest BCUT2D eigenvalue weighted by molar-refractivity contribution is 6.42. The summed E-state index contributed by atoms with van der Waals surface area (Å²) in [5.41, 5.74) is 1.08. The van der Waals surface area contributed by atoms with E-state index >= 15 is 0 Å². The van der Waals surface area contributed by atoms with Crippen LogP contribution in [0.1, 0.15) is 5.56 Å². The third kappa shape index (κ3) is 1.83. The fourth-order valence-electron chi connectivity index (χ4n) is 1.37. The minimum atomic E-state index is 0.510. The summed E-state index contributed by atoms with van der Waals surface area (Å²) in [5.74, 6) is 0.510. The Balaban J connectivity index is 2.70. The van der Waals surface area contributed by atoms with Crippen molar-refractivity contribution in [2.45, 2.75) is 5.88 Å². The van der Waals surface area contributed by atoms with Crippen molar-refractivity contribution in [1.82, 2.24) is 0 Å². The molecule has 0 saturated heterocycles. The molecular weight excluding hydrogens is 238 g/mol. The molecule has 0 bridgehead atoms. The van der Waals surface area contributed by atoms with Crippen molar-refractivity contribution in [3.8, 4) is 0 Å². The van der Waals surface area contributed by atoms with Gasteiger partial charge in [0.2, 0.25) is 0 Å². The summed E-state index contributed by atoms with van der Waals surface area (Å²) in [6.45, 7) is 0. The average molecular weight is 246 g/mol. The first kappa shape index (κ1) is 10.1. The molecular formula is C11H7Cl3. The van der Waals surface area contributed by atoms with Crippen LogP contribution in [0.2, 0.25) is 10.0 Å². The van der Waals surface area contributed by atoms with Crippen LogP contribution in [0.5, 0.6) is 0 Å². The van der Waals surface area contributed by atoms with Gasteiger partial charge in [-0.15, -0.1) is 11.6 Å². The standard InChI is InChI=1S/C11H7Cl3/c12-6-7-1-2-8-4-10(13)11(14)5-9(8)3-7/h1-5H,6H2. The van der Waals surface area contributed by atoms with Crippen molar-refractivity contribution in [2.24, 2.45) is 0 Å². The van der Waals surface area contributed by atoms with Crippen LogP contribution in [0.25, 0.3) is 10.8 Å². The summed E-state index contributed by atoms with van der Waals surface area (Å²) in [6, 6.07) is 9.71. The maximum absolute atomic E-state index is 5.92. The normalized spacial score (nSPS) is 10.8. The van der Waals surface area contributed by atoms with Crippen molar-refractivity contribution in [1.29, 1.82) is 0 Å². The van der Waals surface area contributed by atoms with Crippen molar-refractivity contribution in [3.63, 3.8) is 0 Å². The van der Waals surface area contributed by atoms with Crippen LogP contribution in [-0.2, 0) is 5.88 Å². The van der Waals surface area contributed by atoms with Crippen molar-refractivity contribution in [2.75, 3.05) is 0 Å². The van der Waals surface area contributed by atoms with Gasteiger partial charge in [-0.1, -0.05) is 35.3 Å². The van der Waals surface area contributed by atoms with Gasteiger partial charge in [0, 0.05) is 5.88 Å². The van der Waals surface area contributed by atoms with Crippen LogP contribution in [0.4, 0.5) is 0 Å². The van der Waals surface area contributed by atoms with Crippen LogP contribution in [0.15, 0.2) is 30.3 Å². The zero-order chi connectivity index (χ0) is 10.1. The van der Waals surface area contributed by atoms with Gasteiger partial charge in [-0.2, -0.15) is 0 Å². The summed E-state index contributed by atoms with van der Waals surface area (Å²) < 4.78 is 0. The summed E-state index contributed by atoms with van der Waals surface area (Å²) in [4.78, 5) is 0.